The van der Waals surface area contributed by atoms with Crippen molar-refractivity contribution in [2.24, 2.45) is 5.10 Å². The summed E-state index contributed by atoms with van der Waals surface area (Å²) in [5, 5.41) is 13.8. The number of nitro groups is 1. The van der Waals surface area contributed by atoms with E-state index in [9.17, 15) is 36.5 Å². The SMILES string of the molecule is CS(=O)(=O)N(CC(=O)NN=Cc1cc([N+](=O)[O-])ccc1Cl)c1ccc(Cl)c(C(F)(F)F)c1. The number of nitrogens with one attached hydrogen (secondary N) is 1. The van der Waals surface area contributed by atoms with Crippen molar-refractivity contribution in [2.45, 2.75) is 6.18 Å². The summed E-state index contributed by atoms with van der Waals surface area (Å²) in [5.41, 5.74) is 0.0772. The number of sulfonamides is 1. The summed E-state index contributed by atoms with van der Waals surface area (Å²) < 4.78 is 63.8. The van der Waals surface area contributed by atoms with E-state index in [1.165, 1.54) is 6.07 Å². The molecule has 0 saturated carbocycles. The molecule has 1 N–H and O–H groups in total. The van der Waals surface area contributed by atoms with Crippen LogP contribution in [0.1, 0.15) is 11.1 Å². The maximum absolute atomic E-state index is 13.1. The second-order valence-electron chi connectivity index (χ2n) is 6.19. The minimum atomic E-state index is -4.85. The average Bonchev–Trinajstić information content (AvgIpc) is 2.66. The van der Waals surface area contributed by atoms with Crippen molar-refractivity contribution in [3.63, 3.8) is 0 Å². The molecule has 2 rings (SSSR count). The lowest BCUT2D eigenvalue weighted by Crippen LogP contribution is -2.39. The van der Waals surface area contributed by atoms with Crippen molar-refractivity contribution in [2.75, 3.05) is 17.1 Å². The number of alkyl halides is 3. The molecule has 0 radical (unpaired) electrons. The third kappa shape index (κ3) is 6.55. The Morgan fingerprint density at radius 3 is 2.41 bits per heavy atom. The highest BCUT2D eigenvalue weighted by molar-refractivity contribution is 7.92. The average molecular weight is 513 g/mol. The van der Waals surface area contributed by atoms with Gasteiger partial charge in [-0.1, -0.05) is 23.2 Å². The number of nitro benzene ring substituents is 1. The van der Waals surface area contributed by atoms with Gasteiger partial charge in [-0.15, -0.1) is 0 Å². The second kappa shape index (κ2) is 9.71. The number of amides is 1. The fourth-order valence-corrected chi connectivity index (χ4v) is 3.61. The number of carbonyl (C=O) groups is 1. The zero-order valence-electron chi connectivity index (χ0n) is 15.9. The van der Waals surface area contributed by atoms with E-state index in [1.807, 2.05) is 5.43 Å². The number of nitrogens with zero attached hydrogens (tertiary/aromatic N) is 3. The molecule has 15 heteroatoms. The molecule has 0 bridgehead atoms. The minimum absolute atomic E-state index is 0.0900. The first-order valence-electron chi connectivity index (χ1n) is 8.30. The smallest absolute Gasteiger partial charge is 0.271 e. The lowest BCUT2D eigenvalue weighted by molar-refractivity contribution is -0.384. The maximum atomic E-state index is 13.1. The number of carbonyl (C=O) groups excluding carboxylic acids is 1. The van der Waals surface area contributed by atoms with E-state index in [-0.39, 0.29) is 16.3 Å². The monoisotopic (exact) mass is 512 g/mol. The Labute approximate surface area is 189 Å². The molecule has 9 nitrogen and oxygen atoms in total. The van der Waals surface area contributed by atoms with E-state index in [1.54, 1.807) is 0 Å². The van der Waals surface area contributed by atoms with E-state index in [0.717, 1.165) is 30.5 Å². The molecule has 0 aliphatic carbocycles. The zero-order chi connectivity index (χ0) is 24.3. The van der Waals surface area contributed by atoms with Gasteiger partial charge in [0.25, 0.3) is 11.6 Å². The van der Waals surface area contributed by atoms with E-state index in [2.05, 4.69) is 5.10 Å². The second-order valence-corrected chi connectivity index (χ2v) is 8.91. The molecule has 0 fully saturated rings. The van der Waals surface area contributed by atoms with Crippen molar-refractivity contribution < 1.29 is 31.3 Å². The Balaban J connectivity index is 2.23. The topological polar surface area (TPSA) is 122 Å². The van der Waals surface area contributed by atoms with Gasteiger partial charge in [-0.25, -0.2) is 13.8 Å². The fraction of sp³-hybridized carbons (Fsp3) is 0.176. The van der Waals surface area contributed by atoms with Crippen molar-refractivity contribution in [1.82, 2.24) is 5.43 Å². The van der Waals surface area contributed by atoms with Crippen molar-refractivity contribution in [1.29, 1.82) is 0 Å². The summed E-state index contributed by atoms with van der Waals surface area (Å²) in [6.07, 6.45) is -3.16. The molecular weight excluding hydrogens is 500 g/mol. The van der Waals surface area contributed by atoms with Crippen molar-refractivity contribution in [3.8, 4) is 0 Å². The summed E-state index contributed by atoms with van der Waals surface area (Å²) in [7, 11) is -4.17. The summed E-state index contributed by atoms with van der Waals surface area (Å²) in [5.74, 6) is -1.00. The number of rotatable bonds is 7. The maximum Gasteiger partial charge on any atom is 0.417 e. The Hall–Kier alpha value is -2.90. The lowest BCUT2D eigenvalue weighted by atomic mass is 10.2. The van der Waals surface area contributed by atoms with E-state index in [4.69, 9.17) is 23.2 Å². The number of non-ortho nitro benzene ring substituents is 1. The van der Waals surface area contributed by atoms with Crippen LogP contribution >= 0.6 is 23.2 Å². The first-order valence-corrected chi connectivity index (χ1v) is 10.9. The summed E-state index contributed by atoms with van der Waals surface area (Å²) >= 11 is 11.4. The molecule has 0 aliphatic rings. The van der Waals surface area contributed by atoms with Gasteiger partial charge < -0.3 is 0 Å². The van der Waals surface area contributed by atoms with Gasteiger partial charge in [0, 0.05) is 22.7 Å². The largest absolute Gasteiger partial charge is 0.417 e. The fourth-order valence-electron chi connectivity index (χ4n) is 2.37. The molecule has 2 aromatic carbocycles. The number of hydrazone groups is 1. The van der Waals surface area contributed by atoms with E-state index < -0.39 is 49.8 Å². The quantitative estimate of drug-likeness (QED) is 0.343. The van der Waals surface area contributed by atoms with Crippen LogP contribution in [0, 0.1) is 10.1 Å². The third-order valence-electron chi connectivity index (χ3n) is 3.81. The third-order valence-corrected chi connectivity index (χ3v) is 5.63. The van der Waals surface area contributed by atoms with Gasteiger partial charge in [-0.3, -0.25) is 19.2 Å². The first-order chi connectivity index (χ1) is 14.7. The lowest BCUT2D eigenvalue weighted by Gasteiger charge is -2.22. The molecule has 0 unspecified atom stereocenters. The van der Waals surface area contributed by atoms with Crippen LogP contribution in [0.3, 0.4) is 0 Å². The van der Waals surface area contributed by atoms with Gasteiger partial charge in [0.05, 0.1) is 33.7 Å². The summed E-state index contributed by atoms with van der Waals surface area (Å²) in [6, 6.07) is 5.86. The van der Waals surface area contributed by atoms with Crippen LogP contribution in [0.4, 0.5) is 24.5 Å². The molecule has 2 aromatic rings. The minimum Gasteiger partial charge on any atom is -0.271 e. The highest BCUT2D eigenvalue weighted by atomic mass is 35.5. The first kappa shape index (κ1) is 25.4. The van der Waals surface area contributed by atoms with E-state index >= 15 is 0 Å². The Morgan fingerprint density at radius 1 is 1.22 bits per heavy atom. The summed E-state index contributed by atoms with van der Waals surface area (Å²) in [4.78, 5) is 22.3. The molecule has 0 saturated heterocycles. The van der Waals surface area contributed by atoms with Crippen molar-refractivity contribution >= 4 is 56.7 Å². The molecule has 0 aromatic heterocycles. The van der Waals surface area contributed by atoms with Crippen LogP contribution in [0.2, 0.25) is 10.0 Å². The Morgan fingerprint density at radius 2 is 1.84 bits per heavy atom. The molecule has 0 heterocycles. The van der Waals surface area contributed by atoms with Crippen LogP contribution in [0.15, 0.2) is 41.5 Å². The van der Waals surface area contributed by atoms with Gasteiger partial charge in [0.1, 0.15) is 6.54 Å². The van der Waals surface area contributed by atoms with Gasteiger partial charge in [-0.2, -0.15) is 18.3 Å². The van der Waals surface area contributed by atoms with Crippen LogP contribution < -0.4 is 9.73 Å². The number of halogens is 5. The van der Waals surface area contributed by atoms with Crippen molar-refractivity contribution in [3.05, 3.63) is 67.7 Å². The van der Waals surface area contributed by atoms with Gasteiger partial charge in [-0.05, 0) is 24.3 Å². The predicted molar refractivity (Wildman–Crippen MR) is 112 cm³/mol. The Bertz CT molecular complexity index is 1190. The van der Waals surface area contributed by atoms with Crippen LogP contribution in [-0.2, 0) is 21.0 Å². The summed E-state index contributed by atoms with van der Waals surface area (Å²) in [6.45, 7) is -0.905. The highest BCUT2D eigenvalue weighted by Gasteiger charge is 2.34. The molecule has 1 amide bonds. The molecule has 0 spiro atoms. The van der Waals surface area contributed by atoms with Crippen LogP contribution in [0.5, 0.6) is 0 Å². The molecular formula is C17H13Cl2F3N4O5S. The molecule has 172 valence electrons. The number of hydrogen-bond acceptors (Lipinski definition) is 6. The standard InChI is InChI=1S/C17H13Cl2F3N4O5S/c1-32(30,31)25(11-2-5-15(19)13(7-11)17(20,21)22)9-16(27)24-23-8-10-6-12(26(28)29)3-4-14(10)18/h2-8H,9H2,1H3,(H,24,27). The zero-order valence-corrected chi connectivity index (χ0v) is 18.3. The highest BCUT2D eigenvalue weighted by Crippen LogP contribution is 2.37. The molecule has 32 heavy (non-hydrogen) atoms. The molecule has 0 atom stereocenters. The van der Waals surface area contributed by atoms with E-state index in [0.29, 0.717) is 16.6 Å². The molecule has 0 aliphatic heterocycles. The van der Waals surface area contributed by atoms with Crippen LogP contribution in [-0.4, -0.2) is 38.3 Å². The number of benzene rings is 2. The Kier molecular flexibility index (Phi) is 7.70. The normalized spacial score (nSPS) is 12.1. The predicted octanol–water partition coefficient (Wildman–Crippen LogP) is 3.84. The van der Waals surface area contributed by atoms with Gasteiger partial charge in [0.15, 0.2) is 0 Å². The van der Waals surface area contributed by atoms with Gasteiger partial charge in [0.2, 0.25) is 10.0 Å². The number of anilines is 1. The van der Waals surface area contributed by atoms with Gasteiger partial charge >= 0.3 is 6.18 Å². The number of hydrogen-bond donors (Lipinski definition) is 1. The van der Waals surface area contributed by atoms with Crippen LogP contribution in [0.25, 0.3) is 0 Å².